The Morgan fingerprint density at radius 2 is 1.65 bits per heavy atom. The van der Waals surface area contributed by atoms with Gasteiger partial charge in [0.2, 0.25) is 11.8 Å². The molecule has 0 saturated heterocycles. The highest BCUT2D eigenvalue weighted by atomic mass is 16.4. The molecule has 1 rings (SSSR count). The Labute approximate surface area is 119 Å². The van der Waals surface area contributed by atoms with E-state index in [1.165, 1.54) is 6.92 Å². The minimum Gasteiger partial charge on any atom is -0.480 e. The first-order valence-corrected chi connectivity index (χ1v) is 7.11. The number of rotatable bonds is 5. The van der Waals surface area contributed by atoms with Gasteiger partial charge in [0, 0.05) is 6.92 Å². The first-order chi connectivity index (χ1) is 9.28. The number of aliphatic carboxylic acids is 1. The van der Waals surface area contributed by atoms with Gasteiger partial charge in [-0.1, -0.05) is 33.1 Å². The maximum absolute atomic E-state index is 12.5. The fraction of sp³-hybridized carbons (Fsp3) is 0.786. The molecule has 1 fully saturated rings. The summed E-state index contributed by atoms with van der Waals surface area (Å²) in [5, 5.41) is 14.5. The fourth-order valence-electron chi connectivity index (χ4n) is 2.69. The second kappa shape index (κ2) is 6.72. The van der Waals surface area contributed by atoms with Gasteiger partial charge in [-0.3, -0.25) is 9.59 Å². The summed E-state index contributed by atoms with van der Waals surface area (Å²) in [5.74, 6) is -1.91. The van der Waals surface area contributed by atoms with Crippen LogP contribution >= 0.6 is 0 Å². The van der Waals surface area contributed by atoms with E-state index in [0.29, 0.717) is 12.8 Å². The molecule has 1 unspecified atom stereocenters. The van der Waals surface area contributed by atoms with E-state index >= 15 is 0 Å². The third kappa shape index (κ3) is 3.95. The molecule has 0 aromatic heterocycles. The summed E-state index contributed by atoms with van der Waals surface area (Å²) >= 11 is 0. The molecule has 6 nitrogen and oxygen atoms in total. The molecule has 0 radical (unpaired) electrons. The second-order valence-electron chi connectivity index (χ2n) is 5.86. The Balaban J connectivity index is 2.87. The first kappa shape index (κ1) is 16.5. The van der Waals surface area contributed by atoms with Crippen molar-refractivity contribution in [1.82, 2.24) is 10.6 Å². The molecular formula is C14H24N2O4. The fourth-order valence-corrected chi connectivity index (χ4v) is 2.69. The number of carboxylic acid groups (broad SMARTS) is 1. The zero-order valence-electron chi connectivity index (χ0n) is 12.4. The van der Waals surface area contributed by atoms with Crippen molar-refractivity contribution >= 4 is 17.8 Å². The maximum Gasteiger partial charge on any atom is 0.326 e. The minimum atomic E-state index is -1.05. The predicted molar refractivity (Wildman–Crippen MR) is 74.0 cm³/mol. The molecule has 3 N–H and O–H groups in total. The molecule has 20 heavy (non-hydrogen) atoms. The summed E-state index contributed by atoms with van der Waals surface area (Å²) in [6, 6.07) is -0.935. The molecule has 1 saturated carbocycles. The lowest BCUT2D eigenvalue weighted by molar-refractivity contribution is -0.145. The number of hydrogen-bond acceptors (Lipinski definition) is 3. The van der Waals surface area contributed by atoms with Gasteiger partial charge in [0.05, 0.1) is 0 Å². The molecule has 0 heterocycles. The van der Waals surface area contributed by atoms with Gasteiger partial charge in [-0.25, -0.2) is 4.79 Å². The van der Waals surface area contributed by atoms with Crippen molar-refractivity contribution in [2.24, 2.45) is 5.92 Å². The first-order valence-electron chi connectivity index (χ1n) is 7.11. The molecular weight excluding hydrogens is 260 g/mol. The summed E-state index contributed by atoms with van der Waals surface area (Å²) in [6.07, 6.45) is 3.85. The normalized spacial score (nSPS) is 19.2. The van der Waals surface area contributed by atoms with E-state index in [4.69, 9.17) is 5.11 Å². The largest absolute Gasteiger partial charge is 0.480 e. The van der Waals surface area contributed by atoms with Crippen LogP contribution in [-0.4, -0.2) is 34.5 Å². The SMILES string of the molecule is CC(=O)NC1(C(=O)NC(C(=O)O)C(C)C)CCCCC1. The third-order valence-corrected chi connectivity index (χ3v) is 3.78. The molecule has 1 atom stereocenters. The van der Waals surface area contributed by atoms with Crippen LogP contribution in [0.25, 0.3) is 0 Å². The summed E-state index contributed by atoms with van der Waals surface area (Å²) in [5.41, 5.74) is -0.952. The lowest BCUT2D eigenvalue weighted by Gasteiger charge is -2.37. The van der Waals surface area contributed by atoms with Crippen LogP contribution in [0, 0.1) is 5.92 Å². The van der Waals surface area contributed by atoms with E-state index in [2.05, 4.69) is 10.6 Å². The van der Waals surface area contributed by atoms with Gasteiger partial charge in [-0.15, -0.1) is 0 Å². The van der Waals surface area contributed by atoms with Crippen molar-refractivity contribution in [3.05, 3.63) is 0 Å². The van der Waals surface area contributed by atoms with Crippen molar-refractivity contribution in [1.29, 1.82) is 0 Å². The zero-order chi connectivity index (χ0) is 15.3. The Morgan fingerprint density at radius 1 is 1.10 bits per heavy atom. The molecule has 1 aliphatic carbocycles. The average Bonchev–Trinajstić information content (AvgIpc) is 2.35. The van der Waals surface area contributed by atoms with Crippen LogP contribution < -0.4 is 10.6 Å². The highest BCUT2D eigenvalue weighted by molar-refractivity contribution is 5.93. The van der Waals surface area contributed by atoms with Crippen molar-refractivity contribution in [3.8, 4) is 0 Å². The Bertz CT molecular complexity index is 387. The lowest BCUT2D eigenvalue weighted by atomic mass is 9.80. The van der Waals surface area contributed by atoms with E-state index in [1.54, 1.807) is 13.8 Å². The molecule has 1 aliphatic rings. The monoisotopic (exact) mass is 284 g/mol. The van der Waals surface area contributed by atoms with Gasteiger partial charge in [0.15, 0.2) is 0 Å². The van der Waals surface area contributed by atoms with Gasteiger partial charge in [-0.2, -0.15) is 0 Å². The lowest BCUT2D eigenvalue weighted by Crippen LogP contribution is -2.62. The maximum atomic E-state index is 12.5. The summed E-state index contributed by atoms with van der Waals surface area (Å²) < 4.78 is 0. The molecule has 114 valence electrons. The van der Waals surface area contributed by atoms with Gasteiger partial charge in [0.25, 0.3) is 0 Å². The quantitative estimate of drug-likeness (QED) is 0.703. The van der Waals surface area contributed by atoms with Gasteiger partial charge < -0.3 is 15.7 Å². The highest BCUT2D eigenvalue weighted by Gasteiger charge is 2.42. The summed E-state index contributed by atoms with van der Waals surface area (Å²) in [6.45, 7) is 4.86. The molecule has 0 aliphatic heterocycles. The van der Waals surface area contributed by atoms with Gasteiger partial charge in [-0.05, 0) is 18.8 Å². The number of carboxylic acids is 1. The Hall–Kier alpha value is -1.59. The van der Waals surface area contributed by atoms with Crippen molar-refractivity contribution < 1.29 is 19.5 Å². The van der Waals surface area contributed by atoms with Crippen molar-refractivity contribution in [3.63, 3.8) is 0 Å². The molecule has 0 aromatic rings. The molecule has 0 spiro atoms. The van der Waals surface area contributed by atoms with Crippen LogP contribution in [-0.2, 0) is 14.4 Å². The third-order valence-electron chi connectivity index (χ3n) is 3.78. The number of amides is 2. The highest BCUT2D eigenvalue weighted by Crippen LogP contribution is 2.28. The molecule has 0 aromatic carbocycles. The number of carbonyl (C=O) groups is 3. The van der Waals surface area contributed by atoms with E-state index in [9.17, 15) is 14.4 Å². The van der Waals surface area contributed by atoms with Crippen molar-refractivity contribution in [2.45, 2.75) is 64.5 Å². The molecule has 6 heteroatoms. The molecule has 2 amide bonds. The van der Waals surface area contributed by atoms with Gasteiger partial charge >= 0.3 is 5.97 Å². The van der Waals surface area contributed by atoms with Crippen molar-refractivity contribution in [2.75, 3.05) is 0 Å². The van der Waals surface area contributed by atoms with E-state index in [0.717, 1.165) is 19.3 Å². The predicted octanol–water partition coefficient (Wildman–Crippen LogP) is 1.05. The second-order valence-corrected chi connectivity index (χ2v) is 5.86. The van der Waals surface area contributed by atoms with E-state index in [-0.39, 0.29) is 17.7 Å². The van der Waals surface area contributed by atoms with Crippen LogP contribution in [0.2, 0.25) is 0 Å². The number of hydrogen-bond donors (Lipinski definition) is 3. The Kier molecular flexibility index (Phi) is 5.53. The van der Waals surface area contributed by atoms with Crippen LogP contribution in [0.3, 0.4) is 0 Å². The smallest absolute Gasteiger partial charge is 0.326 e. The van der Waals surface area contributed by atoms with Crippen LogP contribution in [0.4, 0.5) is 0 Å². The number of nitrogens with one attached hydrogen (secondary N) is 2. The van der Waals surface area contributed by atoms with E-state index < -0.39 is 17.6 Å². The molecule has 0 bridgehead atoms. The van der Waals surface area contributed by atoms with E-state index in [1.807, 2.05) is 0 Å². The topological polar surface area (TPSA) is 95.5 Å². The number of carbonyl (C=O) groups excluding carboxylic acids is 2. The standard InChI is InChI=1S/C14H24N2O4/c1-9(2)11(12(18)19)15-13(20)14(16-10(3)17)7-5-4-6-8-14/h9,11H,4-8H2,1-3H3,(H,15,20)(H,16,17)(H,18,19). The minimum absolute atomic E-state index is 0.214. The Morgan fingerprint density at radius 3 is 2.05 bits per heavy atom. The van der Waals surface area contributed by atoms with Gasteiger partial charge in [0.1, 0.15) is 11.6 Å². The average molecular weight is 284 g/mol. The zero-order valence-corrected chi connectivity index (χ0v) is 12.4. The van der Waals surface area contributed by atoms with Crippen LogP contribution in [0.1, 0.15) is 52.9 Å². The van der Waals surface area contributed by atoms with Crippen LogP contribution in [0.5, 0.6) is 0 Å². The summed E-state index contributed by atoms with van der Waals surface area (Å²) in [4.78, 5) is 35.0. The summed E-state index contributed by atoms with van der Waals surface area (Å²) in [7, 11) is 0. The van der Waals surface area contributed by atoms with Crippen LogP contribution in [0.15, 0.2) is 0 Å².